The monoisotopic (exact) mass is 460 g/mol. The molecule has 5 rings (SSSR count). The molecule has 6 nitrogen and oxygen atoms in total. The molecule has 2 N–H and O–H groups in total. The number of carbonyl (C=O) groups excluding carboxylic acids is 1. The van der Waals surface area contributed by atoms with Gasteiger partial charge in [-0.1, -0.05) is 42.5 Å². The lowest BCUT2D eigenvalue weighted by molar-refractivity contribution is -0.0585. The quantitative estimate of drug-likeness (QED) is 0.608. The van der Waals surface area contributed by atoms with Gasteiger partial charge in [-0.2, -0.15) is 0 Å². The van der Waals surface area contributed by atoms with Crippen molar-refractivity contribution in [2.24, 2.45) is 0 Å². The number of aliphatic hydroxyl groups is 1. The Bertz CT molecular complexity index is 1120. The Labute approximate surface area is 199 Å². The van der Waals surface area contributed by atoms with E-state index >= 15 is 0 Å². The van der Waals surface area contributed by atoms with Crippen molar-refractivity contribution in [1.29, 1.82) is 0 Å². The van der Waals surface area contributed by atoms with E-state index in [-0.39, 0.29) is 36.3 Å². The van der Waals surface area contributed by atoms with E-state index in [4.69, 9.17) is 0 Å². The van der Waals surface area contributed by atoms with Gasteiger partial charge in [0.2, 0.25) is 0 Å². The fourth-order valence-corrected chi connectivity index (χ4v) is 5.31. The zero-order valence-corrected chi connectivity index (χ0v) is 19.0. The van der Waals surface area contributed by atoms with E-state index in [2.05, 4.69) is 39.5 Å². The van der Waals surface area contributed by atoms with Crippen molar-refractivity contribution in [3.8, 4) is 11.1 Å². The fourth-order valence-electron chi connectivity index (χ4n) is 5.31. The van der Waals surface area contributed by atoms with Gasteiger partial charge in [0.15, 0.2) is 0 Å². The van der Waals surface area contributed by atoms with Crippen molar-refractivity contribution < 1.29 is 14.3 Å². The third-order valence-corrected chi connectivity index (χ3v) is 7.06. The second-order valence-electron chi connectivity index (χ2n) is 9.01. The van der Waals surface area contributed by atoms with Crippen molar-refractivity contribution >= 4 is 11.7 Å². The predicted molar refractivity (Wildman–Crippen MR) is 130 cm³/mol. The van der Waals surface area contributed by atoms with E-state index in [1.165, 1.54) is 6.07 Å². The molecule has 2 amide bonds. The number of aromatic nitrogens is 1. The number of halogens is 1. The number of rotatable bonds is 4. The molecule has 7 heteroatoms. The largest absolute Gasteiger partial charge is 0.395 e. The zero-order valence-electron chi connectivity index (χ0n) is 19.0. The smallest absolute Gasteiger partial charge is 0.321 e. The Morgan fingerprint density at radius 1 is 1.03 bits per heavy atom. The SMILES string of the molecule is O=C(Nc1ccccc1F)N1CCCCN2[C@H](C1)[C@H](c1ccc(-c3cccnc3)cc1)[C@@H]2CO. The van der Waals surface area contributed by atoms with E-state index in [9.17, 15) is 14.3 Å². The summed E-state index contributed by atoms with van der Waals surface area (Å²) in [5, 5.41) is 12.9. The van der Waals surface area contributed by atoms with Crippen LogP contribution in [0.4, 0.5) is 14.9 Å². The average molecular weight is 461 g/mol. The van der Waals surface area contributed by atoms with Gasteiger partial charge in [0, 0.05) is 43.5 Å². The molecule has 0 unspecified atom stereocenters. The summed E-state index contributed by atoms with van der Waals surface area (Å²) >= 11 is 0. The van der Waals surface area contributed by atoms with Crippen LogP contribution < -0.4 is 5.32 Å². The molecule has 34 heavy (non-hydrogen) atoms. The predicted octanol–water partition coefficient (Wildman–Crippen LogP) is 4.34. The Morgan fingerprint density at radius 2 is 1.82 bits per heavy atom. The Kier molecular flexibility index (Phi) is 6.56. The number of hydrogen-bond acceptors (Lipinski definition) is 4. The van der Waals surface area contributed by atoms with Crippen LogP contribution in [0.5, 0.6) is 0 Å². The van der Waals surface area contributed by atoms with Crippen LogP contribution in [0.15, 0.2) is 73.1 Å². The fraction of sp³-hybridized carbons (Fsp3) is 0.333. The van der Waals surface area contributed by atoms with Gasteiger partial charge in [0.25, 0.3) is 0 Å². The standard InChI is InChI=1S/C27H29FN4O2/c28-22-7-1-2-8-23(22)30-27(34)31-14-3-4-15-32-24(17-31)26(25(32)18-33)20-11-9-19(10-12-20)21-6-5-13-29-16-21/h1-2,5-13,16,24-26,33H,3-4,14-15,17-18H2,(H,30,34)/t24-,25+,26+/m1/s1. The minimum atomic E-state index is -0.444. The first kappa shape index (κ1) is 22.5. The van der Waals surface area contributed by atoms with Crippen LogP contribution in [0.3, 0.4) is 0 Å². The maximum Gasteiger partial charge on any atom is 0.321 e. The van der Waals surface area contributed by atoms with Crippen molar-refractivity contribution in [2.75, 3.05) is 31.6 Å². The lowest BCUT2D eigenvalue weighted by atomic mass is 9.74. The second kappa shape index (κ2) is 9.91. The highest BCUT2D eigenvalue weighted by Gasteiger charge is 2.49. The third-order valence-electron chi connectivity index (χ3n) is 7.06. The topological polar surface area (TPSA) is 68.7 Å². The van der Waals surface area contributed by atoms with E-state index in [1.54, 1.807) is 29.3 Å². The van der Waals surface area contributed by atoms with Gasteiger partial charge in [-0.05, 0) is 54.3 Å². The first-order valence-electron chi connectivity index (χ1n) is 11.8. The van der Waals surface area contributed by atoms with E-state index in [0.717, 1.165) is 36.1 Å². The number of amides is 2. The van der Waals surface area contributed by atoms with Crippen molar-refractivity contribution in [3.05, 3.63) is 84.4 Å². The summed E-state index contributed by atoms with van der Waals surface area (Å²) in [4.78, 5) is 21.3. The van der Waals surface area contributed by atoms with Crippen LogP contribution in [-0.4, -0.2) is 64.2 Å². The summed E-state index contributed by atoms with van der Waals surface area (Å²) in [6.07, 6.45) is 5.42. The molecule has 2 aliphatic heterocycles. The summed E-state index contributed by atoms with van der Waals surface area (Å²) in [5.41, 5.74) is 3.50. The Hall–Kier alpha value is -3.29. The van der Waals surface area contributed by atoms with Crippen LogP contribution >= 0.6 is 0 Å². The lowest BCUT2D eigenvalue weighted by Gasteiger charge is -2.57. The molecular weight excluding hydrogens is 431 g/mol. The van der Waals surface area contributed by atoms with Crippen molar-refractivity contribution in [1.82, 2.24) is 14.8 Å². The highest BCUT2D eigenvalue weighted by molar-refractivity contribution is 5.89. The van der Waals surface area contributed by atoms with E-state index in [0.29, 0.717) is 13.1 Å². The van der Waals surface area contributed by atoms with Crippen LogP contribution in [0, 0.1) is 5.82 Å². The van der Waals surface area contributed by atoms with E-state index < -0.39 is 5.82 Å². The molecule has 2 aliphatic rings. The number of nitrogens with zero attached hydrogens (tertiary/aromatic N) is 3. The normalized spacial score (nSPS) is 22.8. The molecule has 0 saturated carbocycles. The minimum Gasteiger partial charge on any atom is -0.395 e. The molecule has 3 heterocycles. The number of para-hydroxylation sites is 1. The van der Waals surface area contributed by atoms with Crippen LogP contribution in [0.1, 0.15) is 24.3 Å². The van der Waals surface area contributed by atoms with Gasteiger partial charge in [0.05, 0.1) is 12.3 Å². The van der Waals surface area contributed by atoms with Gasteiger partial charge in [-0.3, -0.25) is 9.88 Å². The minimum absolute atomic E-state index is 0.0313. The highest BCUT2D eigenvalue weighted by atomic mass is 19.1. The van der Waals surface area contributed by atoms with Gasteiger partial charge in [0.1, 0.15) is 5.82 Å². The number of hydrogen-bond donors (Lipinski definition) is 2. The second-order valence-corrected chi connectivity index (χ2v) is 9.01. The number of nitrogens with one attached hydrogen (secondary N) is 1. The van der Waals surface area contributed by atoms with Crippen molar-refractivity contribution in [3.63, 3.8) is 0 Å². The molecule has 0 bridgehead atoms. The first-order valence-corrected chi connectivity index (χ1v) is 11.8. The van der Waals surface area contributed by atoms with Crippen LogP contribution in [0.25, 0.3) is 11.1 Å². The highest BCUT2D eigenvalue weighted by Crippen LogP contribution is 2.42. The third kappa shape index (κ3) is 4.41. The molecule has 3 atom stereocenters. The van der Waals surface area contributed by atoms with E-state index in [1.807, 2.05) is 18.3 Å². The number of aliphatic hydroxyl groups excluding tert-OH is 1. The number of anilines is 1. The van der Waals surface area contributed by atoms with Gasteiger partial charge >= 0.3 is 6.03 Å². The lowest BCUT2D eigenvalue weighted by Crippen LogP contribution is -2.68. The molecular formula is C27H29FN4O2. The number of carbonyl (C=O) groups is 1. The number of fused-ring (bicyclic) bond motifs is 1. The van der Waals surface area contributed by atoms with Crippen molar-refractivity contribution in [2.45, 2.75) is 30.8 Å². The summed E-state index contributed by atoms with van der Waals surface area (Å²) < 4.78 is 14.1. The molecule has 0 spiro atoms. The van der Waals surface area contributed by atoms with Crippen LogP contribution in [0.2, 0.25) is 0 Å². The zero-order chi connectivity index (χ0) is 23.5. The molecule has 176 valence electrons. The molecule has 0 radical (unpaired) electrons. The number of urea groups is 1. The summed E-state index contributed by atoms with van der Waals surface area (Å²) in [5.74, 6) is -0.324. The molecule has 1 aromatic heterocycles. The summed E-state index contributed by atoms with van der Waals surface area (Å²) in [6.45, 7) is 2.14. The van der Waals surface area contributed by atoms with Gasteiger partial charge < -0.3 is 15.3 Å². The number of benzene rings is 2. The number of pyridine rings is 1. The average Bonchev–Trinajstić information content (AvgIpc) is 2.85. The molecule has 3 aromatic rings. The molecule has 2 fully saturated rings. The maximum atomic E-state index is 14.1. The molecule has 0 aliphatic carbocycles. The van der Waals surface area contributed by atoms with Gasteiger partial charge in [-0.25, -0.2) is 9.18 Å². The Morgan fingerprint density at radius 3 is 2.56 bits per heavy atom. The molecule has 2 saturated heterocycles. The van der Waals surface area contributed by atoms with Crippen LogP contribution in [-0.2, 0) is 0 Å². The summed E-state index contributed by atoms with van der Waals surface area (Å²) in [6, 6.07) is 18.4. The maximum absolute atomic E-state index is 14.1. The Balaban J connectivity index is 1.35. The first-order chi connectivity index (χ1) is 16.7. The van der Waals surface area contributed by atoms with Gasteiger partial charge in [-0.15, -0.1) is 0 Å². The summed E-state index contributed by atoms with van der Waals surface area (Å²) in [7, 11) is 0. The molecule has 2 aromatic carbocycles.